The zero-order chi connectivity index (χ0) is 15.7. The molecular weight excluding hydrogens is 288 g/mol. The van der Waals surface area contributed by atoms with E-state index in [1.54, 1.807) is 0 Å². The lowest BCUT2D eigenvalue weighted by molar-refractivity contribution is -0.122. The molecule has 4 heteroatoms. The van der Waals surface area contributed by atoms with Crippen molar-refractivity contribution >= 4 is 11.6 Å². The summed E-state index contributed by atoms with van der Waals surface area (Å²) in [6.07, 6.45) is 7.20. The maximum atomic E-state index is 12.9. The Morgan fingerprint density at radius 2 is 2.22 bits per heavy atom. The van der Waals surface area contributed by atoms with Crippen LogP contribution in [0, 0.1) is 11.3 Å². The monoisotopic (exact) mass is 310 g/mol. The van der Waals surface area contributed by atoms with E-state index in [2.05, 4.69) is 34.5 Å². The molecule has 120 valence electrons. The van der Waals surface area contributed by atoms with Crippen LogP contribution in [0.4, 0.5) is 5.69 Å². The molecule has 3 heterocycles. The molecule has 1 amide bonds. The number of fused-ring (bicyclic) bond motifs is 1. The normalized spacial score (nSPS) is 40.5. The van der Waals surface area contributed by atoms with Gasteiger partial charge in [0.05, 0.1) is 5.92 Å². The number of hydrogen-bond donors (Lipinski definition) is 2. The first-order chi connectivity index (χ1) is 11.2. The molecule has 1 spiro atoms. The van der Waals surface area contributed by atoms with Crippen LogP contribution in [-0.4, -0.2) is 41.7 Å². The molecule has 4 nitrogen and oxygen atoms in total. The highest BCUT2D eigenvalue weighted by Crippen LogP contribution is 2.66. The highest BCUT2D eigenvalue weighted by Gasteiger charge is 2.69. The molecule has 1 saturated carbocycles. The fourth-order valence-corrected chi connectivity index (χ4v) is 6.16. The Morgan fingerprint density at radius 1 is 1.35 bits per heavy atom. The standard InChI is InChI=1S/C19H22N2O2/c22-11-8-18-6-3-9-21-10-7-19(17(18)21)13-4-1-2-5-15(13)20-16(23)14(19)12-18/h1-6,14,17,22H,7-12H2,(H,20,23)/t14-,17+,18-,19+/m1/s1. The molecule has 0 radical (unpaired) electrons. The first kappa shape index (κ1) is 13.8. The summed E-state index contributed by atoms with van der Waals surface area (Å²) < 4.78 is 0. The number of nitrogens with one attached hydrogen (secondary N) is 1. The Bertz CT molecular complexity index is 715. The van der Waals surface area contributed by atoms with Gasteiger partial charge in [-0.05, 0) is 37.4 Å². The van der Waals surface area contributed by atoms with Gasteiger partial charge in [0.1, 0.15) is 0 Å². The van der Waals surface area contributed by atoms with E-state index < -0.39 is 0 Å². The summed E-state index contributed by atoms with van der Waals surface area (Å²) in [5, 5.41) is 12.8. The van der Waals surface area contributed by atoms with Gasteiger partial charge in [0.2, 0.25) is 5.91 Å². The molecule has 0 unspecified atom stereocenters. The quantitative estimate of drug-likeness (QED) is 0.821. The topological polar surface area (TPSA) is 52.6 Å². The Labute approximate surface area is 136 Å². The minimum Gasteiger partial charge on any atom is -0.396 e. The second kappa shape index (κ2) is 4.46. The molecule has 0 bridgehead atoms. The van der Waals surface area contributed by atoms with E-state index in [4.69, 9.17) is 0 Å². The van der Waals surface area contributed by atoms with Gasteiger partial charge in [0, 0.05) is 35.7 Å². The molecular formula is C19H22N2O2. The Kier molecular flexibility index (Phi) is 2.67. The molecule has 1 saturated heterocycles. The van der Waals surface area contributed by atoms with Crippen LogP contribution in [-0.2, 0) is 10.2 Å². The third kappa shape index (κ3) is 1.51. The van der Waals surface area contributed by atoms with Crippen LogP contribution < -0.4 is 5.32 Å². The lowest BCUT2D eigenvalue weighted by Crippen LogP contribution is -2.53. The van der Waals surface area contributed by atoms with Gasteiger partial charge in [-0.15, -0.1) is 0 Å². The number of aliphatic hydroxyl groups excluding tert-OH is 1. The third-order valence-corrected chi connectivity index (χ3v) is 6.79. The lowest BCUT2D eigenvalue weighted by atomic mass is 9.65. The van der Waals surface area contributed by atoms with Gasteiger partial charge in [0.15, 0.2) is 0 Å². The number of anilines is 1. The van der Waals surface area contributed by atoms with E-state index in [9.17, 15) is 9.90 Å². The van der Waals surface area contributed by atoms with Crippen molar-refractivity contribution in [2.75, 3.05) is 25.0 Å². The van der Waals surface area contributed by atoms with Crippen molar-refractivity contribution in [1.82, 2.24) is 4.90 Å². The van der Waals surface area contributed by atoms with Crippen LogP contribution in [0.2, 0.25) is 0 Å². The second-order valence-corrected chi connectivity index (χ2v) is 7.59. The Hall–Kier alpha value is -1.65. The van der Waals surface area contributed by atoms with Gasteiger partial charge in [-0.3, -0.25) is 9.69 Å². The molecule has 1 aliphatic carbocycles. The summed E-state index contributed by atoms with van der Waals surface area (Å²) >= 11 is 0. The van der Waals surface area contributed by atoms with Crippen molar-refractivity contribution in [3.63, 3.8) is 0 Å². The van der Waals surface area contributed by atoms with Gasteiger partial charge in [-0.25, -0.2) is 0 Å². The fourth-order valence-electron chi connectivity index (χ4n) is 6.16. The van der Waals surface area contributed by atoms with Crippen LogP contribution in [0.3, 0.4) is 0 Å². The van der Waals surface area contributed by atoms with Crippen molar-refractivity contribution in [1.29, 1.82) is 0 Å². The highest BCUT2D eigenvalue weighted by molar-refractivity contribution is 5.98. The number of nitrogens with zero attached hydrogens (tertiary/aromatic N) is 1. The van der Waals surface area contributed by atoms with Crippen LogP contribution in [0.1, 0.15) is 24.8 Å². The number of hydrogen-bond acceptors (Lipinski definition) is 3. The van der Waals surface area contributed by atoms with Crippen molar-refractivity contribution < 1.29 is 9.90 Å². The van der Waals surface area contributed by atoms with Crippen LogP contribution >= 0.6 is 0 Å². The zero-order valence-corrected chi connectivity index (χ0v) is 13.2. The van der Waals surface area contributed by atoms with Crippen molar-refractivity contribution in [3.8, 4) is 0 Å². The van der Waals surface area contributed by atoms with Gasteiger partial charge in [0.25, 0.3) is 0 Å². The number of carbonyl (C=O) groups is 1. The van der Waals surface area contributed by atoms with E-state index in [-0.39, 0.29) is 29.3 Å². The second-order valence-electron chi connectivity index (χ2n) is 7.59. The molecule has 1 aromatic carbocycles. The Morgan fingerprint density at radius 3 is 3.09 bits per heavy atom. The maximum absolute atomic E-state index is 12.9. The minimum absolute atomic E-state index is 0.0155. The molecule has 5 rings (SSSR count). The highest BCUT2D eigenvalue weighted by atomic mass is 16.3. The van der Waals surface area contributed by atoms with E-state index in [1.165, 1.54) is 5.56 Å². The third-order valence-electron chi connectivity index (χ3n) is 6.79. The summed E-state index contributed by atoms with van der Waals surface area (Å²) in [4.78, 5) is 15.4. The summed E-state index contributed by atoms with van der Waals surface area (Å²) in [7, 11) is 0. The first-order valence-electron chi connectivity index (χ1n) is 8.64. The first-order valence-corrected chi connectivity index (χ1v) is 8.64. The van der Waals surface area contributed by atoms with E-state index in [0.29, 0.717) is 6.04 Å². The lowest BCUT2D eigenvalue weighted by Gasteiger charge is -2.46. The largest absolute Gasteiger partial charge is 0.396 e. The number of aliphatic hydroxyl groups is 1. The zero-order valence-electron chi connectivity index (χ0n) is 13.2. The number of amides is 1. The average Bonchev–Trinajstić information content (AvgIpc) is 3.08. The van der Waals surface area contributed by atoms with Crippen molar-refractivity contribution in [3.05, 3.63) is 42.0 Å². The van der Waals surface area contributed by atoms with Crippen molar-refractivity contribution in [2.24, 2.45) is 11.3 Å². The molecule has 1 aromatic rings. The van der Waals surface area contributed by atoms with Gasteiger partial charge in [-0.2, -0.15) is 0 Å². The van der Waals surface area contributed by atoms with Crippen LogP contribution in [0.25, 0.3) is 0 Å². The number of benzene rings is 1. The average molecular weight is 310 g/mol. The summed E-state index contributed by atoms with van der Waals surface area (Å²) in [6.45, 7) is 2.19. The van der Waals surface area contributed by atoms with E-state index in [0.717, 1.165) is 38.0 Å². The summed E-state index contributed by atoms with van der Waals surface area (Å²) in [5.41, 5.74) is 2.15. The van der Waals surface area contributed by atoms with E-state index in [1.807, 2.05) is 12.1 Å². The molecule has 4 atom stereocenters. The SMILES string of the molecule is O=C1Nc2ccccc2[C@@]23CCN4CC=C[C@@](CCO)(C[C@H]12)[C@H]43. The smallest absolute Gasteiger partial charge is 0.228 e. The maximum Gasteiger partial charge on any atom is 0.228 e. The molecule has 3 aliphatic heterocycles. The molecule has 4 aliphatic rings. The van der Waals surface area contributed by atoms with Crippen molar-refractivity contribution in [2.45, 2.75) is 30.7 Å². The van der Waals surface area contributed by atoms with Crippen LogP contribution in [0.5, 0.6) is 0 Å². The summed E-state index contributed by atoms with van der Waals surface area (Å²) in [6, 6.07) is 8.67. The van der Waals surface area contributed by atoms with Crippen LogP contribution in [0.15, 0.2) is 36.4 Å². The fraction of sp³-hybridized carbons (Fsp3) is 0.526. The van der Waals surface area contributed by atoms with Gasteiger partial charge < -0.3 is 10.4 Å². The van der Waals surface area contributed by atoms with E-state index >= 15 is 0 Å². The predicted molar refractivity (Wildman–Crippen MR) is 88.1 cm³/mol. The number of para-hydroxylation sites is 1. The number of rotatable bonds is 2. The minimum atomic E-state index is -0.0845. The number of carbonyl (C=O) groups excluding carboxylic acids is 1. The summed E-state index contributed by atoms with van der Waals surface area (Å²) in [5.74, 6) is 0.187. The molecule has 2 N–H and O–H groups in total. The van der Waals surface area contributed by atoms with Gasteiger partial charge >= 0.3 is 0 Å². The molecule has 23 heavy (non-hydrogen) atoms. The van der Waals surface area contributed by atoms with Gasteiger partial charge in [-0.1, -0.05) is 30.4 Å². The molecule has 0 aromatic heterocycles. The predicted octanol–water partition coefficient (Wildman–Crippen LogP) is 1.91. The molecule has 2 fully saturated rings. The Balaban J connectivity index is 1.76.